The van der Waals surface area contributed by atoms with Gasteiger partial charge in [-0.3, -0.25) is 14.6 Å². The Bertz CT molecular complexity index is 1150. The van der Waals surface area contributed by atoms with Crippen LogP contribution in [0.2, 0.25) is 5.02 Å². The molecule has 0 amide bonds. The predicted molar refractivity (Wildman–Crippen MR) is 125 cm³/mol. The zero-order valence-corrected chi connectivity index (χ0v) is 19.0. The van der Waals surface area contributed by atoms with E-state index in [2.05, 4.69) is 4.90 Å². The number of carboxylic acid groups (broad SMARTS) is 2. The average Bonchev–Trinajstić information content (AvgIpc) is 3.11. The van der Waals surface area contributed by atoms with Crippen molar-refractivity contribution in [1.82, 2.24) is 14.4 Å². The van der Waals surface area contributed by atoms with Crippen LogP contribution in [0, 0.1) is 0 Å². The summed E-state index contributed by atoms with van der Waals surface area (Å²) in [6, 6.07) is 11.2. The highest BCUT2D eigenvalue weighted by molar-refractivity contribution is 6.30. The Balaban J connectivity index is 1.43. The summed E-state index contributed by atoms with van der Waals surface area (Å²) in [7, 11) is 1.84. The highest BCUT2D eigenvalue weighted by atomic mass is 35.5. The van der Waals surface area contributed by atoms with Crippen LogP contribution in [-0.2, 0) is 11.8 Å². The first-order valence-corrected chi connectivity index (χ1v) is 11.1. The van der Waals surface area contributed by atoms with Crippen LogP contribution in [0.5, 0.6) is 5.75 Å². The van der Waals surface area contributed by atoms with E-state index in [1.54, 1.807) is 30.5 Å². The molecule has 33 heavy (non-hydrogen) atoms. The third-order valence-electron chi connectivity index (χ3n) is 6.06. The molecule has 1 aliphatic rings. The molecule has 1 aromatic heterocycles. The second kappa shape index (κ2) is 9.82. The normalized spacial score (nSPS) is 16.1. The van der Waals surface area contributed by atoms with Gasteiger partial charge in [0.25, 0.3) is 0 Å². The molecule has 2 N–H and O–H groups in total. The number of aromatic carboxylic acids is 1. The van der Waals surface area contributed by atoms with Crippen molar-refractivity contribution in [3.8, 4) is 5.75 Å². The van der Waals surface area contributed by atoms with Gasteiger partial charge in [-0.25, -0.2) is 4.79 Å². The van der Waals surface area contributed by atoms with E-state index in [0.29, 0.717) is 35.7 Å². The van der Waals surface area contributed by atoms with E-state index in [1.807, 2.05) is 28.6 Å². The molecule has 0 aliphatic carbocycles. The lowest BCUT2D eigenvalue weighted by atomic mass is 10.0. The fourth-order valence-corrected chi connectivity index (χ4v) is 4.45. The molecule has 0 radical (unpaired) electrons. The van der Waals surface area contributed by atoms with Gasteiger partial charge < -0.3 is 19.5 Å². The van der Waals surface area contributed by atoms with Crippen molar-refractivity contribution in [3.63, 3.8) is 0 Å². The lowest BCUT2D eigenvalue weighted by Crippen LogP contribution is -2.50. The summed E-state index contributed by atoms with van der Waals surface area (Å²) in [6.07, 6.45) is 1.79. The molecular formula is C24H26ClN3O5. The van der Waals surface area contributed by atoms with Crippen molar-refractivity contribution in [2.24, 2.45) is 7.05 Å². The quantitative estimate of drug-likeness (QED) is 0.520. The van der Waals surface area contributed by atoms with Gasteiger partial charge in [0.2, 0.25) is 0 Å². The fraction of sp³-hybridized carbons (Fsp3) is 0.333. The number of benzene rings is 2. The maximum Gasteiger partial charge on any atom is 0.335 e. The molecule has 1 fully saturated rings. The summed E-state index contributed by atoms with van der Waals surface area (Å²) in [6.45, 7) is 3.90. The average molecular weight is 472 g/mol. The number of aliphatic carboxylic acids is 1. The van der Waals surface area contributed by atoms with Gasteiger partial charge in [-0.15, -0.1) is 0 Å². The molecule has 1 saturated heterocycles. The third-order valence-corrected chi connectivity index (χ3v) is 6.31. The number of hydrogen-bond acceptors (Lipinski definition) is 5. The van der Waals surface area contributed by atoms with Gasteiger partial charge in [0, 0.05) is 67.5 Å². The number of carbonyl (C=O) groups is 2. The number of nitrogens with zero attached hydrogens (tertiary/aromatic N) is 3. The maximum atomic E-state index is 12.3. The van der Waals surface area contributed by atoms with Crippen molar-refractivity contribution in [2.75, 3.05) is 39.3 Å². The first-order valence-electron chi connectivity index (χ1n) is 10.7. The summed E-state index contributed by atoms with van der Waals surface area (Å²) in [5.74, 6) is -1.21. The number of ether oxygens (including phenoxy) is 1. The van der Waals surface area contributed by atoms with Crippen LogP contribution in [-0.4, -0.2) is 75.8 Å². The standard InChI is InChI=1S/C24H26ClN3O5/c1-26-15-20(19-14-16(23(29)30)2-7-21(19)26)22(24(31)32)28-10-8-27(9-11-28)12-13-33-18-5-3-17(25)4-6-18/h2-7,14-15,22H,8-13H2,1H3,(H,29,30)(H,31,32). The SMILES string of the molecule is Cn1cc(C(C(=O)O)N2CCN(CCOc3ccc(Cl)cc3)CC2)c2cc(C(=O)O)ccc21. The molecule has 0 spiro atoms. The van der Waals surface area contributed by atoms with E-state index < -0.39 is 18.0 Å². The summed E-state index contributed by atoms with van der Waals surface area (Å²) in [4.78, 5) is 27.9. The summed E-state index contributed by atoms with van der Waals surface area (Å²) < 4.78 is 7.61. The van der Waals surface area contributed by atoms with Gasteiger partial charge in [-0.05, 0) is 42.5 Å². The Labute approximate surface area is 196 Å². The maximum absolute atomic E-state index is 12.3. The van der Waals surface area contributed by atoms with E-state index in [-0.39, 0.29) is 5.56 Å². The molecule has 174 valence electrons. The molecule has 9 heteroatoms. The van der Waals surface area contributed by atoms with Crippen LogP contribution in [0.25, 0.3) is 10.9 Å². The second-order valence-corrected chi connectivity index (χ2v) is 8.59. The molecule has 8 nitrogen and oxygen atoms in total. The first kappa shape index (κ1) is 23.1. The highest BCUT2D eigenvalue weighted by Gasteiger charge is 2.32. The van der Waals surface area contributed by atoms with E-state index in [1.165, 1.54) is 6.07 Å². The fourth-order valence-electron chi connectivity index (χ4n) is 4.33. The van der Waals surface area contributed by atoms with Gasteiger partial charge in [-0.2, -0.15) is 0 Å². The summed E-state index contributed by atoms with van der Waals surface area (Å²) >= 11 is 5.89. The van der Waals surface area contributed by atoms with Crippen molar-refractivity contribution in [1.29, 1.82) is 0 Å². The molecule has 0 saturated carbocycles. The minimum atomic E-state index is -1.03. The van der Waals surface area contributed by atoms with Crippen molar-refractivity contribution >= 4 is 34.4 Å². The smallest absolute Gasteiger partial charge is 0.335 e. The number of fused-ring (bicyclic) bond motifs is 1. The molecule has 0 bridgehead atoms. The molecule has 2 heterocycles. The van der Waals surface area contributed by atoms with Gasteiger partial charge in [0.05, 0.1) is 5.56 Å². The second-order valence-electron chi connectivity index (χ2n) is 8.15. The Hall–Kier alpha value is -3.07. The largest absolute Gasteiger partial charge is 0.492 e. The highest BCUT2D eigenvalue weighted by Crippen LogP contribution is 2.31. The molecule has 1 aliphatic heterocycles. The van der Waals surface area contributed by atoms with Gasteiger partial charge in [0.1, 0.15) is 18.4 Å². The van der Waals surface area contributed by atoms with Gasteiger partial charge in [0.15, 0.2) is 0 Å². The molecule has 3 aromatic rings. The Kier molecular flexibility index (Phi) is 6.88. The zero-order valence-electron chi connectivity index (χ0n) is 18.3. The van der Waals surface area contributed by atoms with Crippen LogP contribution in [0.15, 0.2) is 48.7 Å². The minimum absolute atomic E-state index is 0.143. The van der Waals surface area contributed by atoms with Crippen LogP contribution in [0.1, 0.15) is 22.0 Å². The predicted octanol–water partition coefficient (Wildman–Crippen LogP) is 3.35. The van der Waals surface area contributed by atoms with E-state index in [4.69, 9.17) is 16.3 Å². The number of rotatable bonds is 8. The number of aryl methyl sites for hydroxylation is 1. The summed E-state index contributed by atoms with van der Waals surface area (Å²) in [5, 5.41) is 20.8. The topological polar surface area (TPSA) is 95.2 Å². The molecule has 4 rings (SSSR count). The van der Waals surface area contributed by atoms with Crippen molar-refractivity contribution < 1.29 is 24.5 Å². The van der Waals surface area contributed by atoms with Crippen LogP contribution >= 0.6 is 11.6 Å². The number of aromatic nitrogens is 1. The lowest BCUT2D eigenvalue weighted by molar-refractivity contribution is -0.144. The molecular weight excluding hydrogens is 446 g/mol. The van der Waals surface area contributed by atoms with Gasteiger partial charge >= 0.3 is 11.9 Å². The zero-order chi connectivity index (χ0) is 23.5. The molecule has 1 atom stereocenters. The van der Waals surface area contributed by atoms with Crippen molar-refractivity contribution in [2.45, 2.75) is 6.04 Å². The minimum Gasteiger partial charge on any atom is -0.492 e. The number of halogens is 1. The number of hydrogen-bond donors (Lipinski definition) is 2. The Morgan fingerprint density at radius 1 is 1.06 bits per heavy atom. The Morgan fingerprint density at radius 3 is 2.39 bits per heavy atom. The summed E-state index contributed by atoms with van der Waals surface area (Å²) in [5.41, 5.74) is 1.56. The van der Waals surface area contributed by atoms with Crippen LogP contribution in [0.3, 0.4) is 0 Å². The number of carboxylic acids is 2. The monoisotopic (exact) mass is 471 g/mol. The van der Waals surface area contributed by atoms with Gasteiger partial charge in [-0.1, -0.05) is 11.6 Å². The van der Waals surface area contributed by atoms with Crippen LogP contribution in [0.4, 0.5) is 0 Å². The lowest BCUT2D eigenvalue weighted by Gasteiger charge is -2.37. The molecule has 1 unspecified atom stereocenters. The van der Waals surface area contributed by atoms with Crippen LogP contribution < -0.4 is 4.74 Å². The Morgan fingerprint density at radius 2 is 1.76 bits per heavy atom. The van der Waals surface area contributed by atoms with E-state index >= 15 is 0 Å². The number of piperazine rings is 1. The van der Waals surface area contributed by atoms with Crippen molar-refractivity contribution in [3.05, 3.63) is 64.8 Å². The molecule has 2 aromatic carbocycles. The van der Waals surface area contributed by atoms with E-state index in [9.17, 15) is 19.8 Å². The first-order chi connectivity index (χ1) is 15.8. The third kappa shape index (κ3) is 5.13. The van der Waals surface area contributed by atoms with E-state index in [0.717, 1.165) is 30.9 Å².